The molecule has 0 aliphatic heterocycles. The molecule has 0 aliphatic rings. The summed E-state index contributed by atoms with van der Waals surface area (Å²) in [5, 5.41) is 2.47. The lowest BCUT2D eigenvalue weighted by molar-refractivity contribution is -0.137. The summed E-state index contributed by atoms with van der Waals surface area (Å²) in [5.74, 6) is -0.153. The third-order valence-corrected chi connectivity index (χ3v) is 2.85. The maximum absolute atomic E-state index is 12.5. The van der Waals surface area contributed by atoms with Crippen LogP contribution in [0.2, 0.25) is 0 Å². The summed E-state index contributed by atoms with van der Waals surface area (Å²) in [7, 11) is 0. The second kappa shape index (κ2) is 5.73. The zero-order chi connectivity index (χ0) is 13.9. The largest absolute Gasteiger partial charge is 0.416 e. The molecule has 0 heterocycles. The van der Waals surface area contributed by atoms with E-state index in [1.165, 1.54) is 6.07 Å². The number of alkyl halides is 3. The molecule has 0 aliphatic carbocycles. The highest BCUT2D eigenvalue weighted by Crippen LogP contribution is 2.34. The molecule has 1 rings (SSSR count). The molecule has 100 valence electrons. The highest BCUT2D eigenvalue weighted by molar-refractivity contribution is 9.10. The summed E-state index contributed by atoms with van der Waals surface area (Å²) >= 11 is 3.11. The van der Waals surface area contributed by atoms with Crippen LogP contribution in [-0.4, -0.2) is 5.91 Å². The minimum atomic E-state index is -4.42. The van der Waals surface area contributed by atoms with Gasteiger partial charge in [-0.15, -0.1) is 0 Å². The third kappa shape index (κ3) is 4.33. The lowest BCUT2D eigenvalue weighted by Crippen LogP contribution is -2.15. The number of rotatable bonds is 3. The van der Waals surface area contributed by atoms with Crippen molar-refractivity contribution in [2.24, 2.45) is 5.92 Å². The number of nitrogens with one attached hydrogen (secondary N) is 1. The number of benzene rings is 1. The fourth-order valence-corrected chi connectivity index (χ4v) is 1.72. The van der Waals surface area contributed by atoms with Crippen LogP contribution in [0.4, 0.5) is 18.9 Å². The molecule has 2 nitrogen and oxygen atoms in total. The van der Waals surface area contributed by atoms with E-state index < -0.39 is 11.7 Å². The van der Waals surface area contributed by atoms with Crippen LogP contribution in [-0.2, 0) is 11.0 Å². The van der Waals surface area contributed by atoms with E-state index in [1.54, 1.807) is 0 Å². The maximum atomic E-state index is 12.5. The molecule has 6 heteroatoms. The van der Waals surface area contributed by atoms with E-state index in [-0.39, 0.29) is 23.9 Å². The first-order valence-corrected chi connectivity index (χ1v) is 6.16. The Hall–Kier alpha value is -1.04. The van der Waals surface area contributed by atoms with Crippen LogP contribution in [0.5, 0.6) is 0 Å². The van der Waals surface area contributed by atoms with Gasteiger partial charge >= 0.3 is 6.18 Å². The van der Waals surface area contributed by atoms with Crippen LogP contribution < -0.4 is 5.32 Å². The molecule has 1 amide bonds. The topological polar surface area (TPSA) is 29.1 Å². The van der Waals surface area contributed by atoms with Crippen LogP contribution in [0, 0.1) is 5.92 Å². The SMILES string of the molecule is CC(C)CC(=O)Nc1cc(C(F)(F)F)ccc1Br. The van der Waals surface area contributed by atoms with Gasteiger partial charge in [0, 0.05) is 10.9 Å². The van der Waals surface area contributed by atoms with Gasteiger partial charge in [0.1, 0.15) is 0 Å². The van der Waals surface area contributed by atoms with Crippen LogP contribution in [0.25, 0.3) is 0 Å². The molecule has 0 saturated heterocycles. The third-order valence-electron chi connectivity index (χ3n) is 2.16. The first-order valence-electron chi connectivity index (χ1n) is 5.36. The molecule has 0 saturated carbocycles. The zero-order valence-corrected chi connectivity index (χ0v) is 11.5. The molecule has 18 heavy (non-hydrogen) atoms. The standard InChI is InChI=1S/C12H13BrF3NO/c1-7(2)5-11(18)17-10-6-8(12(14,15)16)3-4-9(10)13/h3-4,6-7H,5H2,1-2H3,(H,17,18). The van der Waals surface area contributed by atoms with Crippen molar-refractivity contribution in [2.75, 3.05) is 5.32 Å². The highest BCUT2D eigenvalue weighted by atomic mass is 79.9. The quantitative estimate of drug-likeness (QED) is 0.874. The van der Waals surface area contributed by atoms with E-state index in [1.807, 2.05) is 13.8 Å². The smallest absolute Gasteiger partial charge is 0.325 e. The van der Waals surface area contributed by atoms with Gasteiger partial charge in [-0.2, -0.15) is 13.2 Å². The number of halogens is 4. The normalized spacial score (nSPS) is 11.7. The second-order valence-corrected chi connectivity index (χ2v) is 5.19. The van der Waals surface area contributed by atoms with Crippen LogP contribution in [0.3, 0.4) is 0 Å². The Bertz CT molecular complexity index is 443. The first kappa shape index (κ1) is 15.0. The van der Waals surface area contributed by atoms with Crippen molar-refractivity contribution < 1.29 is 18.0 Å². The van der Waals surface area contributed by atoms with Crippen molar-refractivity contribution in [3.05, 3.63) is 28.2 Å². The maximum Gasteiger partial charge on any atom is 0.416 e. The van der Waals surface area contributed by atoms with Crippen LogP contribution >= 0.6 is 15.9 Å². The zero-order valence-electron chi connectivity index (χ0n) is 9.94. The number of hydrogen-bond donors (Lipinski definition) is 1. The summed E-state index contributed by atoms with van der Waals surface area (Å²) < 4.78 is 38.0. The van der Waals surface area contributed by atoms with E-state index >= 15 is 0 Å². The van der Waals surface area contributed by atoms with Crippen molar-refractivity contribution in [3.8, 4) is 0 Å². The van der Waals surface area contributed by atoms with Crippen molar-refractivity contribution >= 4 is 27.5 Å². The summed E-state index contributed by atoms with van der Waals surface area (Å²) in [6, 6.07) is 3.15. The van der Waals surface area contributed by atoms with Crippen molar-refractivity contribution in [3.63, 3.8) is 0 Å². The lowest BCUT2D eigenvalue weighted by atomic mass is 10.1. The van der Waals surface area contributed by atoms with E-state index in [9.17, 15) is 18.0 Å². The van der Waals surface area contributed by atoms with Gasteiger partial charge in [-0.25, -0.2) is 0 Å². The number of carbonyl (C=O) groups excluding carboxylic acids is 1. The molecule has 1 aromatic rings. The van der Waals surface area contributed by atoms with E-state index in [0.717, 1.165) is 12.1 Å². The number of hydrogen-bond acceptors (Lipinski definition) is 1. The molecule has 0 radical (unpaired) electrons. The first-order chi connectivity index (χ1) is 8.20. The highest BCUT2D eigenvalue weighted by Gasteiger charge is 2.31. The molecular weight excluding hydrogens is 311 g/mol. The Labute approximate surface area is 112 Å². The predicted molar refractivity (Wildman–Crippen MR) is 67.2 cm³/mol. The van der Waals surface area contributed by atoms with E-state index in [2.05, 4.69) is 21.2 Å². The summed E-state index contributed by atoms with van der Waals surface area (Å²) in [4.78, 5) is 11.5. The lowest BCUT2D eigenvalue weighted by Gasteiger charge is -2.12. The Morgan fingerprint density at radius 3 is 2.50 bits per heavy atom. The monoisotopic (exact) mass is 323 g/mol. The number of carbonyl (C=O) groups is 1. The Balaban J connectivity index is 2.92. The average molecular weight is 324 g/mol. The van der Waals surface area contributed by atoms with Gasteiger partial charge in [-0.1, -0.05) is 13.8 Å². The Morgan fingerprint density at radius 2 is 2.00 bits per heavy atom. The second-order valence-electron chi connectivity index (χ2n) is 4.34. The molecule has 1 aromatic carbocycles. The van der Waals surface area contributed by atoms with Gasteiger partial charge in [0.25, 0.3) is 0 Å². The molecule has 0 bridgehead atoms. The Kier molecular flexibility index (Phi) is 4.78. The molecular formula is C12H13BrF3NO. The molecule has 0 atom stereocenters. The fraction of sp³-hybridized carbons (Fsp3) is 0.417. The van der Waals surface area contributed by atoms with Crippen molar-refractivity contribution in [2.45, 2.75) is 26.4 Å². The Morgan fingerprint density at radius 1 is 1.39 bits per heavy atom. The van der Waals surface area contributed by atoms with Crippen molar-refractivity contribution in [1.82, 2.24) is 0 Å². The van der Waals surface area contributed by atoms with Gasteiger partial charge in [0.2, 0.25) is 5.91 Å². The average Bonchev–Trinajstić information content (AvgIpc) is 2.18. The molecule has 0 fully saturated rings. The number of anilines is 1. The fourth-order valence-electron chi connectivity index (χ4n) is 1.37. The van der Waals surface area contributed by atoms with Gasteiger partial charge in [0.15, 0.2) is 0 Å². The molecule has 0 aromatic heterocycles. The minimum Gasteiger partial charge on any atom is -0.325 e. The van der Waals surface area contributed by atoms with Crippen LogP contribution in [0.15, 0.2) is 22.7 Å². The van der Waals surface area contributed by atoms with Gasteiger partial charge in [0.05, 0.1) is 11.3 Å². The van der Waals surface area contributed by atoms with E-state index in [4.69, 9.17) is 0 Å². The van der Waals surface area contributed by atoms with E-state index in [0.29, 0.717) is 4.47 Å². The summed E-state index contributed by atoms with van der Waals surface area (Å²) in [5.41, 5.74) is -0.652. The van der Waals surface area contributed by atoms with Gasteiger partial charge < -0.3 is 5.32 Å². The molecule has 1 N–H and O–H groups in total. The van der Waals surface area contributed by atoms with Gasteiger partial charge in [-0.3, -0.25) is 4.79 Å². The minimum absolute atomic E-state index is 0.135. The summed E-state index contributed by atoms with van der Waals surface area (Å²) in [6.07, 6.45) is -4.15. The summed E-state index contributed by atoms with van der Waals surface area (Å²) in [6.45, 7) is 3.72. The van der Waals surface area contributed by atoms with Crippen LogP contribution in [0.1, 0.15) is 25.8 Å². The molecule has 0 unspecified atom stereocenters. The number of amides is 1. The van der Waals surface area contributed by atoms with Crippen molar-refractivity contribution in [1.29, 1.82) is 0 Å². The predicted octanol–water partition coefficient (Wildman–Crippen LogP) is 4.45. The molecule has 0 spiro atoms. The van der Waals surface area contributed by atoms with Gasteiger partial charge in [-0.05, 0) is 40.0 Å².